The lowest BCUT2D eigenvalue weighted by molar-refractivity contribution is -0.384. The molecule has 0 atom stereocenters. The first kappa shape index (κ1) is 14.0. The molecule has 1 aromatic carbocycles. The number of anilines is 1. The van der Waals surface area contributed by atoms with Gasteiger partial charge in [-0.3, -0.25) is 14.9 Å². The maximum Gasteiger partial charge on any atom is 0.269 e. The summed E-state index contributed by atoms with van der Waals surface area (Å²) in [6.07, 6.45) is 3.95. The fraction of sp³-hybridized carbons (Fsp3) is 0.429. The van der Waals surface area contributed by atoms with Crippen LogP contribution in [0.2, 0.25) is 0 Å². The Labute approximate surface area is 116 Å². The molecule has 20 heavy (non-hydrogen) atoms. The number of non-ortho nitro benzene ring substituents is 1. The minimum absolute atomic E-state index is 0.0318. The average Bonchev–Trinajstić information content (AvgIpc) is 2.48. The van der Waals surface area contributed by atoms with Crippen LogP contribution in [-0.2, 0) is 4.79 Å². The number of benzene rings is 1. The average molecular weight is 273 g/mol. The van der Waals surface area contributed by atoms with Crippen molar-refractivity contribution in [3.05, 3.63) is 34.4 Å². The van der Waals surface area contributed by atoms with Crippen molar-refractivity contribution < 1.29 is 9.72 Å². The third-order valence-corrected chi connectivity index (χ3v) is 3.69. The second-order valence-corrected chi connectivity index (χ2v) is 5.01. The van der Waals surface area contributed by atoms with Gasteiger partial charge in [-0.1, -0.05) is 19.3 Å². The second-order valence-electron chi connectivity index (χ2n) is 5.01. The van der Waals surface area contributed by atoms with Crippen LogP contribution in [0.15, 0.2) is 24.3 Å². The number of hydrogen-bond acceptors (Lipinski definition) is 4. The van der Waals surface area contributed by atoms with Gasteiger partial charge in [0.1, 0.15) is 5.41 Å². The summed E-state index contributed by atoms with van der Waals surface area (Å²) in [7, 11) is 0. The molecule has 1 N–H and O–H groups in total. The van der Waals surface area contributed by atoms with Gasteiger partial charge in [0.25, 0.3) is 5.69 Å². The molecular formula is C14H15N3O3. The lowest BCUT2D eigenvalue weighted by Gasteiger charge is -2.29. The first-order valence-corrected chi connectivity index (χ1v) is 6.54. The van der Waals surface area contributed by atoms with Crippen LogP contribution in [-0.4, -0.2) is 10.8 Å². The molecule has 1 saturated carbocycles. The van der Waals surface area contributed by atoms with E-state index in [-0.39, 0.29) is 11.6 Å². The van der Waals surface area contributed by atoms with Crippen molar-refractivity contribution in [3.63, 3.8) is 0 Å². The summed E-state index contributed by atoms with van der Waals surface area (Å²) in [5, 5.41) is 22.5. The Morgan fingerprint density at radius 1 is 1.25 bits per heavy atom. The number of carbonyl (C=O) groups excluding carboxylic acids is 1. The number of carbonyl (C=O) groups is 1. The molecule has 0 radical (unpaired) electrons. The molecule has 104 valence electrons. The van der Waals surface area contributed by atoms with Gasteiger partial charge in [-0.25, -0.2) is 0 Å². The maximum absolute atomic E-state index is 12.3. The molecule has 0 aliphatic heterocycles. The molecule has 2 rings (SSSR count). The van der Waals surface area contributed by atoms with Crippen molar-refractivity contribution in [2.24, 2.45) is 5.41 Å². The maximum atomic E-state index is 12.3. The molecule has 6 heteroatoms. The fourth-order valence-corrected chi connectivity index (χ4v) is 2.46. The lowest BCUT2D eigenvalue weighted by atomic mass is 9.74. The molecule has 0 saturated heterocycles. The van der Waals surface area contributed by atoms with E-state index in [1.807, 2.05) is 0 Å². The molecule has 6 nitrogen and oxygen atoms in total. The minimum Gasteiger partial charge on any atom is -0.325 e. The Kier molecular flexibility index (Phi) is 3.99. The van der Waals surface area contributed by atoms with Crippen LogP contribution in [0.3, 0.4) is 0 Å². The quantitative estimate of drug-likeness (QED) is 0.676. The summed E-state index contributed by atoms with van der Waals surface area (Å²) in [6, 6.07) is 7.76. The lowest BCUT2D eigenvalue weighted by Crippen LogP contribution is -2.36. The predicted octanol–water partition coefficient (Wildman–Crippen LogP) is 3.01. The smallest absolute Gasteiger partial charge is 0.269 e. The molecule has 0 bridgehead atoms. The Balaban J connectivity index is 2.10. The van der Waals surface area contributed by atoms with Gasteiger partial charge in [0, 0.05) is 17.8 Å². The number of amides is 1. The summed E-state index contributed by atoms with van der Waals surface area (Å²) in [5.41, 5.74) is -0.517. The fourth-order valence-electron chi connectivity index (χ4n) is 2.46. The van der Waals surface area contributed by atoms with Crippen LogP contribution in [0.4, 0.5) is 11.4 Å². The molecular weight excluding hydrogens is 258 g/mol. The monoisotopic (exact) mass is 273 g/mol. The molecule has 0 spiro atoms. The minimum atomic E-state index is -0.958. The molecule has 1 fully saturated rings. The van der Waals surface area contributed by atoms with E-state index in [9.17, 15) is 20.2 Å². The summed E-state index contributed by atoms with van der Waals surface area (Å²) in [4.78, 5) is 22.3. The third-order valence-electron chi connectivity index (χ3n) is 3.69. The van der Waals surface area contributed by atoms with Crippen LogP contribution in [0.25, 0.3) is 0 Å². The molecule has 0 heterocycles. The first-order valence-electron chi connectivity index (χ1n) is 6.54. The van der Waals surface area contributed by atoms with E-state index in [0.29, 0.717) is 18.5 Å². The Morgan fingerprint density at radius 3 is 2.35 bits per heavy atom. The van der Waals surface area contributed by atoms with Crippen LogP contribution >= 0.6 is 0 Å². The molecule has 1 aliphatic carbocycles. The highest BCUT2D eigenvalue weighted by atomic mass is 16.6. The zero-order valence-corrected chi connectivity index (χ0v) is 11.0. The van der Waals surface area contributed by atoms with E-state index in [4.69, 9.17) is 0 Å². The first-order chi connectivity index (χ1) is 9.57. The zero-order chi connectivity index (χ0) is 14.6. The van der Waals surface area contributed by atoms with E-state index in [1.54, 1.807) is 0 Å². The summed E-state index contributed by atoms with van der Waals surface area (Å²) < 4.78 is 0. The van der Waals surface area contributed by atoms with E-state index >= 15 is 0 Å². The number of nitrogens with one attached hydrogen (secondary N) is 1. The van der Waals surface area contributed by atoms with Crippen molar-refractivity contribution in [2.45, 2.75) is 32.1 Å². The summed E-state index contributed by atoms with van der Waals surface area (Å²) in [5.74, 6) is -0.312. The topological polar surface area (TPSA) is 96.0 Å². The standard InChI is InChI=1S/C14H15N3O3/c15-10-14(8-2-1-3-9-14)13(18)16-11-4-6-12(7-5-11)17(19)20/h4-7H,1-3,8-9H2,(H,16,18). The van der Waals surface area contributed by atoms with Gasteiger partial charge < -0.3 is 5.32 Å². The van der Waals surface area contributed by atoms with Gasteiger partial charge in [0.2, 0.25) is 5.91 Å². The molecule has 1 amide bonds. The van der Waals surface area contributed by atoms with Gasteiger partial charge >= 0.3 is 0 Å². The highest BCUT2D eigenvalue weighted by Crippen LogP contribution is 2.36. The third kappa shape index (κ3) is 2.77. The van der Waals surface area contributed by atoms with Gasteiger partial charge in [0.05, 0.1) is 11.0 Å². The Hall–Kier alpha value is -2.42. The summed E-state index contributed by atoms with van der Waals surface area (Å²) >= 11 is 0. The van der Waals surface area contributed by atoms with Crippen molar-refractivity contribution in [1.29, 1.82) is 5.26 Å². The SMILES string of the molecule is N#CC1(C(=O)Nc2ccc([N+](=O)[O-])cc2)CCCCC1. The van der Waals surface area contributed by atoms with E-state index in [2.05, 4.69) is 11.4 Å². The normalized spacial score (nSPS) is 16.9. The van der Waals surface area contributed by atoms with E-state index < -0.39 is 10.3 Å². The van der Waals surface area contributed by atoms with Gasteiger partial charge in [-0.05, 0) is 25.0 Å². The van der Waals surface area contributed by atoms with Crippen molar-refractivity contribution in [3.8, 4) is 6.07 Å². The van der Waals surface area contributed by atoms with Crippen molar-refractivity contribution in [2.75, 3.05) is 5.32 Å². The predicted molar refractivity (Wildman–Crippen MR) is 72.9 cm³/mol. The number of nitrogens with zero attached hydrogens (tertiary/aromatic N) is 2. The molecule has 1 aromatic rings. The van der Waals surface area contributed by atoms with Gasteiger partial charge in [-0.2, -0.15) is 5.26 Å². The Bertz CT molecular complexity index is 554. The van der Waals surface area contributed by atoms with Crippen LogP contribution < -0.4 is 5.32 Å². The van der Waals surface area contributed by atoms with E-state index in [1.165, 1.54) is 24.3 Å². The van der Waals surface area contributed by atoms with E-state index in [0.717, 1.165) is 19.3 Å². The zero-order valence-electron chi connectivity index (χ0n) is 11.0. The van der Waals surface area contributed by atoms with Crippen LogP contribution in [0.5, 0.6) is 0 Å². The summed E-state index contributed by atoms with van der Waals surface area (Å²) in [6.45, 7) is 0. The van der Waals surface area contributed by atoms with Crippen molar-refractivity contribution in [1.82, 2.24) is 0 Å². The second kappa shape index (κ2) is 5.70. The van der Waals surface area contributed by atoms with Crippen LogP contribution in [0.1, 0.15) is 32.1 Å². The molecule has 0 aromatic heterocycles. The number of nitro benzene ring substituents is 1. The Morgan fingerprint density at radius 2 is 1.85 bits per heavy atom. The highest BCUT2D eigenvalue weighted by molar-refractivity contribution is 5.97. The van der Waals surface area contributed by atoms with Gasteiger partial charge in [0.15, 0.2) is 0 Å². The molecule has 0 unspecified atom stereocenters. The number of rotatable bonds is 3. The number of nitriles is 1. The number of hydrogen-bond donors (Lipinski definition) is 1. The van der Waals surface area contributed by atoms with Gasteiger partial charge in [-0.15, -0.1) is 0 Å². The largest absolute Gasteiger partial charge is 0.325 e. The highest BCUT2D eigenvalue weighted by Gasteiger charge is 2.39. The number of nitro groups is 1. The molecule has 1 aliphatic rings. The van der Waals surface area contributed by atoms with Crippen LogP contribution in [0, 0.1) is 26.9 Å². The van der Waals surface area contributed by atoms with Crippen molar-refractivity contribution >= 4 is 17.3 Å².